The Hall–Kier alpha value is -1.42. The molecule has 23 heavy (non-hydrogen) atoms. The smallest absolute Gasteiger partial charge is 0.204 e. The number of hydrogen-bond donors (Lipinski definition) is 1. The zero-order chi connectivity index (χ0) is 15.7. The van der Waals surface area contributed by atoms with Crippen LogP contribution in [0.1, 0.15) is 70.6 Å². The number of hydrazone groups is 1. The first-order valence-electron chi connectivity index (χ1n) is 9.09. The predicted molar refractivity (Wildman–Crippen MR) is 101 cm³/mol. The Balaban J connectivity index is 1.60. The number of thiazole rings is 1. The van der Waals surface area contributed by atoms with Crippen LogP contribution < -0.4 is 5.43 Å². The minimum absolute atomic E-state index is 0.907. The Kier molecular flexibility index (Phi) is 6.44. The number of para-hydroxylation sites is 1. The minimum Gasteiger partial charge on any atom is -0.253 e. The molecule has 0 radical (unpaired) electrons. The minimum atomic E-state index is 0.907. The highest BCUT2D eigenvalue weighted by molar-refractivity contribution is 7.22. The van der Waals surface area contributed by atoms with Crippen LogP contribution in [0.15, 0.2) is 29.4 Å². The zero-order valence-electron chi connectivity index (χ0n) is 13.9. The fourth-order valence-electron chi connectivity index (χ4n) is 3.18. The van der Waals surface area contributed by atoms with E-state index in [1.54, 1.807) is 11.3 Å². The SMILES string of the molecule is c1ccc2sc(NN=C3CCCCCCCCCCC3)nc2c1. The molecule has 1 aromatic carbocycles. The summed E-state index contributed by atoms with van der Waals surface area (Å²) in [6, 6.07) is 8.26. The van der Waals surface area contributed by atoms with Gasteiger partial charge in [-0.25, -0.2) is 4.98 Å². The molecule has 1 aromatic heterocycles. The Labute approximate surface area is 143 Å². The summed E-state index contributed by atoms with van der Waals surface area (Å²) in [5, 5.41) is 5.60. The number of fused-ring (bicyclic) bond motifs is 1. The summed E-state index contributed by atoms with van der Waals surface area (Å²) in [5.74, 6) is 0. The summed E-state index contributed by atoms with van der Waals surface area (Å²) in [6.45, 7) is 0. The molecular weight excluding hydrogens is 302 g/mol. The fraction of sp³-hybridized carbons (Fsp3) is 0.579. The molecule has 1 saturated carbocycles. The third kappa shape index (κ3) is 5.31. The predicted octanol–water partition coefficient (Wildman–Crippen LogP) is 6.37. The van der Waals surface area contributed by atoms with E-state index in [0.29, 0.717) is 0 Å². The van der Waals surface area contributed by atoms with Crippen molar-refractivity contribution in [1.82, 2.24) is 4.98 Å². The van der Waals surface area contributed by atoms with Crippen LogP contribution in [0.5, 0.6) is 0 Å². The summed E-state index contributed by atoms with van der Waals surface area (Å²) in [4.78, 5) is 4.60. The number of benzene rings is 1. The van der Waals surface area contributed by atoms with E-state index in [2.05, 4.69) is 28.6 Å². The molecular formula is C19H27N3S. The second kappa shape index (κ2) is 9.02. The summed E-state index contributed by atoms with van der Waals surface area (Å²) in [5.41, 5.74) is 5.59. The van der Waals surface area contributed by atoms with E-state index in [1.807, 2.05) is 6.07 Å². The van der Waals surface area contributed by atoms with E-state index in [-0.39, 0.29) is 0 Å². The Morgan fingerprint density at radius 2 is 1.43 bits per heavy atom. The third-order valence-electron chi connectivity index (χ3n) is 4.53. The maximum atomic E-state index is 4.69. The van der Waals surface area contributed by atoms with Crippen LogP contribution in [-0.4, -0.2) is 10.7 Å². The molecule has 0 spiro atoms. The topological polar surface area (TPSA) is 37.3 Å². The van der Waals surface area contributed by atoms with Gasteiger partial charge in [-0.15, -0.1) is 0 Å². The third-order valence-corrected chi connectivity index (χ3v) is 5.48. The summed E-state index contributed by atoms with van der Waals surface area (Å²) < 4.78 is 1.22. The van der Waals surface area contributed by atoms with Crippen molar-refractivity contribution in [3.8, 4) is 0 Å². The van der Waals surface area contributed by atoms with Crippen LogP contribution in [0, 0.1) is 0 Å². The molecule has 2 aromatic rings. The average molecular weight is 330 g/mol. The first kappa shape index (κ1) is 16.4. The molecule has 3 rings (SSSR count). The van der Waals surface area contributed by atoms with Gasteiger partial charge in [0, 0.05) is 5.71 Å². The molecule has 0 amide bonds. The highest BCUT2D eigenvalue weighted by Crippen LogP contribution is 2.25. The molecule has 0 saturated heterocycles. The Bertz CT molecular complexity index is 585. The number of aromatic nitrogens is 1. The number of anilines is 1. The van der Waals surface area contributed by atoms with Gasteiger partial charge in [-0.1, -0.05) is 68.4 Å². The van der Waals surface area contributed by atoms with Crippen LogP contribution in [0.25, 0.3) is 10.2 Å². The molecule has 0 atom stereocenters. The number of rotatable bonds is 2. The van der Waals surface area contributed by atoms with E-state index >= 15 is 0 Å². The van der Waals surface area contributed by atoms with Gasteiger partial charge in [-0.3, -0.25) is 5.43 Å². The van der Waals surface area contributed by atoms with E-state index in [0.717, 1.165) is 23.5 Å². The standard InChI is InChI=1S/C19H27N3S/c1-2-4-6-8-12-16(13-9-7-5-3-1)21-22-19-20-17-14-10-11-15-18(17)23-19/h10-11,14-15H,1-9,12-13H2,(H,20,22). The summed E-state index contributed by atoms with van der Waals surface area (Å²) in [7, 11) is 0. The quantitative estimate of drug-likeness (QED) is 0.650. The van der Waals surface area contributed by atoms with Crippen molar-refractivity contribution in [1.29, 1.82) is 0 Å². The van der Waals surface area contributed by atoms with Crippen molar-refractivity contribution < 1.29 is 0 Å². The number of nitrogens with zero attached hydrogens (tertiary/aromatic N) is 2. The lowest BCUT2D eigenvalue weighted by molar-refractivity contribution is 0.555. The highest BCUT2D eigenvalue weighted by atomic mass is 32.1. The van der Waals surface area contributed by atoms with Crippen molar-refractivity contribution in [3.63, 3.8) is 0 Å². The molecule has 1 N–H and O–H groups in total. The monoisotopic (exact) mass is 329 g/mol. The molecule has 1 aliphatic rings. The molecule has 0 unspecified atom stereocenters. The lowest BCUT2D eigenvalue weighted by Gasteiger charge is -2.09. The van der Waals surface area contributed by atoms with Crippen molar-refractivity contribution in [2.75, 3.05) is 5.43 Å². The maximum absolute atomic E-state index is 4.69. The van der Waals surface area contributed by atoms with Gasteiger partial charge in [0.15, 0.2) is 0 Å². The Morgan fingerprint density at radius 3 is 2.09 bits per heavy atom. The van der Waals surface area contributed by atoms with Crippen molar-refractivity contribution >= 4 is 32.4 Å². The van der Waals surface area contributed by atoms with Crippen molar-refractivity contribution in [2.45, 2.75) is 70.6 Å². The zero-order valence-corrected chi connectivity index (χ0v) is 14.7. The van der Waals surface area contributed by atoms with Crippen LogP contribution in [0.2, 0.25) is 0 Å². The largest absolute Gasteiger partial charge is 0.253 e. The van der Waals surface area contributed by atoms with Gasteiger partial charge < -0.3 is 0 Å². The van der Waals surface area contributed by atoms with Crippen LogP contribution in [-0.2, 0) is 0 Å². The van der Waals surface area contributed by atoms with Gasteiger partial charge >= 0.3 is 0 Å². The number of nitrogens with one attached hydrogen (secondary N) is 1. The molecule has 1 heterocycles. The average Bonchev–Trinajstić information content (AvgIpc) is 2.97. The first-order valence-corrected chi connectivity index (χ1v) is 9.90. The van der Waals surface area contributed by atoms with E-state index in [9.17, 15) is 0 Å². The van der Waals surface area contributed by atoms with Gasteiger partial charge in [0.25, 0.3) is 0 Å². The normalized spacial score (nSPS) is 18.2. The molecule has 124 valence electrons. The van der Waals surface area contributed by atoms with Gasteiger partial charge in [-0.2, -0.15) is 5.10 Å². The molecule has 0 aliphatic heterocycles. The summed E-state index contributed by atoms with van der Waals surface area (Å²) >= 11 is 1.68. The molecule has 1 aliphatic carbocycles. The van der Waals surface area contributed by atoms with E-state index in [1.165, 1.54) is 68.2 Å². The van der Waals surface area contributed by atoms with Crippen molar-refractivity contribution in [2.24, 2.45) is 5.10 Å². The molecule has 0 bridgehead atoms. The highest BCUT2D eigenvalue weighted by Gasteiger charge is 2.05. The Morgan fingerprint density at radius 1 is 0.826 bits per heavy atom. The summed E-state index contributed by atoms with van der Waals surface area (Å²) in [6.07, 6.45) is 14.6. The van der Waals surface area contributed by atoms with Crippen LogP contribution in [0.4, 0.5) is 5.13 Å². The first-order chi connectivity index (χ1) is 11.4. The van der Waals surface area contributed by atoms with Gasteiger partial charge in [0.05, 0.1) is 10.2 Å². The van der Waals surface area contributed by atoms with Crippen LogP contribution >= 0.6 is 11.3 Å². The van der Waals surface area contributed by atoms with Gasteiger partial charge in [0.1, 0.15) is 0 Å². The molecule has 1 fully saturated rings. The van der Waals surface area contributed by atoms with Gasteiger partial charge in [0.2, 0.25) is 5.13 Å². The maximum Gasteiger partial charge on any atom is 0.204 e. The van der Waals surface area contributed by atoms with E-state index < -0.39 is 0 Å². The lowest BCUT2D eigenvalue weighted by atomic mass is 10.00. The second-order valence-electron chi connectivity index (χ2n) is 6.46. The number of hydrogen-bond acceptors (Lipinski definition) is 4. The molecule has 3 nitrogen and oxygen atoms in total. The van der Waals surface area contributed by atoms with Crippen molar-refractivity contribution in [3.05, 3.63) is 24.3 Å². The second-order valence-corrected chi connectivity index (χ2v) is 7.49. The molecule has 4 heteroatoms. The fourth-order valence-corrected chi connectivity index (χ4v) is 3.99. The van der Waals surface area contributed by atoms with E-state index in [4.69, 9.17) is 5.10 Å². The van der Waals surface area contributed by atoms with Crippen LogP contribution in [0.3, 0.4) is 0 Å². The lowest BCUT2D eigenvalue weighted by Crippen LogP contribution is -2.03. The van der Waals surface area contributed by atoms with Gasteiger partial charge in [-0.05, 0) is 37.8 Å².